The number of hydrogen-bond acceptors (Lipinski definition) is 3. The van der Waals surface area contributed by atoms with E-state index >= 15 is 0 Å². The predicted octanol–water partition coefficient (Wildman–Crippen LogP) is 3.99. The maximum atomic E-state index is 5.36. The van der Waals surface area contributed by atoms with Crippen LogP contribution in [0.5, 0.6) is 0 Å². The van der Waals surface area contributed by atoms with Gasteiger partial charge in [-0.2, -0.15) is 0 Å². The third-order valence-electron chi connectivity index (χ3n) is 4.46. The number of aromatic nitrogens is 1. The van der Waals surface area contributed by atoms with Gasteiger partial charge < -0.3 is 15.5 Å². The Balaban J connectivity index is 1.38. The van der Waals surface area contributed by atoms with Gasteiger partial charge in [-0.1, -0.05) is 30.3 Å². The van der Waals surface area contributed by atoms with Crippen molar-refractivity contribution in [1.82, 2.24) is 10.3 Å². The van der Waals surface area contributed by atoms with Crippen molar-refractivity contribution < 1.29 is 0 Å². The van der Waals surface area contributed by atoms with E-state index in [9.17, 15) is 0 Å². The van der Waals surface area contributed by atoms with Gasteiger partial charge in [0.15, 0.2) is 5.11 Å². The van der Waals surface area contributed by atoms with E-state index in [1.807, 2.05) is 12.3 Å². The molecule has 2 N–H and O–H groups in total. The van der Waals surface area contributed by atoms with E-state index < -0.39 is 0 Å². The van der Waals surface area contributed by atoms with E-state index in [0.29, 0.717) is 5.11 Å². The Kier molecular flexibility index (Phi) is 6.63. The molecular formula is C20H26N4S. The van der Waals surface area contributed by atoms with Gasteiger partial charge in [-0.25, -0.2) is 4.98 Å². The van der Waals surface area contributed by atoms with Crippen molar-refractivity contribution in [2.45, 2.75) is 32.1 Å². The van der Waals surface area contributed by atoms with Gasteiger partial charge in [0.1, 0.15) is 5.82 Å². The summed E-state index contributed by atoms with van der Waals surface area (Å²) < 4.78 is 0. The second-order valence-corrected chi connectivity index (χ2v) is 6.83. The fourth-order valence-corrected chi connectivity index (χ4v) is 3.30. The van der Waals surface area contributed by atoms with Crippen LogP contribution in [0.2, 0.25) is 0 Å². The maximum absolute atomic E-state index is 5.36. The lowest BCUT2D eigenvalue weighted by Crippen LogP contribution is -2.30. The Labute approximate surface area is 155 Å². The number of thiocarbonyl (C=S) groups is 1. The highest BCUT2D eigenvalue weighted by Gasteiger charge is 2.11. The van der Waals surface area contributed by atoms with Gasteiger partial charge in [0.25, 0.3) is 0 Å². The first-order valence-corrected chi connectivity index (χ1v) is 9.52. The zero-order chi connectivity index (χ0) is 17.3. The van der Waals surface area contributed by atoms with Crippen LogP contribution in [0.1, 0.15) is 31.2 Å². The number of rotatable bonds is 6. The third kappa shape index (κ3) is 5.71. The smallest absolute Gasteiger partial charge is 0.170 e. The largest absolute Gasteiger partial charge is 0.362 e. The molecule has 3 rings (SSSR count). The monoisotopic (exact) mass is 354 g/mol. The van der Waals surface area contributed by atoms with Gasteiger partial charge in [0.2, 0.25) is 0 Å². The highest BCUT2D eigenvalue weighted by molar-refractivity contribution is 7.80. The number of aryl methyl sites for hydroxylation is 1. The molecule has 1 aliphatic rings. The lowest BCUT2D eigenvalue weighted by atomic mass is 10.1. The van der Waals surface area contributed by atoms with Gasteiger partial charge in [-0.15, -0.1) is 0 Å². The van der Waals surface area contributed by atoms with Crippen LogP contribution in [0.15, 0.2) is 48.7 Å². The fourth-order valence-electron chi connectivity index (χ4n) is 3.08. The Hall–Kier alpha value is -2.14. The molecule has 0 aliphatic carbocycles. The predicted molar refractivity (Wildman–Crippen MR) is 109 cm³/mol. The van der Waals surface area contributed by atoms with Crippen molar-refractivity contribution in [2.24, 2.45) is 0 Å². The first-order chi connectivity index (χ1) is 12.3. The number of piperidine rings is 1. The Morgan fingerprint density at radius 1 is 1.04 bits per heavy atom. The molecule has 2 aromatic rings. The van der Waals surface area contributed by atoms with Crippen LogP contribution in [-0.4, -0.2) is 29.7 Å². The molecule has 0 atom stereocenters. The van der Waals surface area contributed by atoms with Crippen molar-refractivity contribution in [3.8, 4) is 0 Å². The van der Waals surface area contributed by atoms with Crippen molar-refractivity contribution in [2.75, 3.05) is 29.9 Å². The minimum absolute atomic E-state index is 0.653. The van der Waals surface area contributed by atoms with Crippen LogP contribution in [0.4, 0.5) is 11.5 Å². The second-order valence-electron chi connectivity index (χ2n) is 6.42. The molecule has 4 nitrogen and oxygen atoms in total. The standard InChI is InChI=1S/C20H26N4S/c25-20(21-13-7-10-17-8-3-1-4-9-17)23-18-11-12-19(22-16-18)24-14-5-2-6-15-24/h1,3-4,8-9,11-12,16H,2,5-7,10,13-15H2,(H2,21,23,25). The number of nitrogens with one attached hydrogen (secondary N) is 2. The van der Waals surface area contributed by atoms with E-state index in [0.717, 1.165) is 44.0 Å². The minimum Gasteiger partial charge on any atom is -0.362 e. The quantitative estimate of drug-likeness (QED) is 0.606. The van der Waals surface area contributed by atoms with Crippen molar-refractivity contribution >= 4 is 28.8 Å². The molecule has 0 unspecified atom stereocenters. The normalized spacial score (nSPS) is 14.2. The van der Waals surface area contributed by atoms with Crippen LogP contribution in [0, 0.1) is 0 Å². The zero-order valence-electron chi connectivity index (χ0n) is 14.6. The van der Waals surface area contributed by atoms with Gasteiger partial charge >= 0.3 is 0 Å². The van der Waals surface area contributed by atoms with Crippen LogP contribution < -0.4 is 15.5 Å². The minimum atomic E-state index is 0.653. The fraction of sp³-hybridized carbons (Fsp3) is 0.400. The number of anilines is 2. The molecule has 5 heteroatoms. The molecule has 25 heavy (non-hydrogen) atoms. The topological polar surface area (TPSA) is 40.2 Å². The third-order valence-corrected chi connectivity index (χ3v) is 4.70. The van der Waals surface area contributed by atoms with Crippen LogP contribution in [-0.2, 0) is 6.42 Å². The molecule has 0 saturated carbocycles. The summed E-state index contributed by atoms with van der Waals surface area (Å²) in [5.74, 6) is 1.06. The average Bonchev–Trinajstić information content (AvgIpc) is 2.67. The average molecular weight is 355 g/mol. The lowest BCUT2D eigenvalue weighted by Gasteiger charge is -2.27. The first-order valence-electron chi connectivity index (χ1n) is 9.11. The summed E-state index contributed by atoms with van der Waals surface area (Å²) in [5, 5.41) is 7.12. The molecule has 0 radical (unpaired) electrons. The van der Waals surface area contributed by atoms with Crippen LogP contribution in [0.3, 0.4) is 0 Å². The van der Waals surface area contributed by atoms with E-state index in [2.05, 4.69) is 56.9 Å². The summed E-state index contributed by atoms with van der Waals surface area (Å²) in [6.45, 7) is 3.09. The maximum Gasteiger partial charge on any atom is 0.170 e. The molecule has 1 aliphatic heterocycles. The summed E-state index contributed by atoms with van der Waals surface area (Å²) in [4.78, 5) is 6.92. The van der Waals surface area contributed by atoms with E-state index in [1.54, 1.807) is 0 Å². The number of benzene rings is 1. The number of pyridine rings is 1. The summed E-state index contributed by atoms with van der Waals surface area (Å²) >= 11 is 5.36. The van der Waals surface area contributed by atoms with Gasteiger partial charge in [0, 0.05) is 19.6 Å². The number of nitrogens with zero attached hydrogens (tertiary/aromatic N) is 2. The van der Waals surface area contributed by atoms with Crippen molar-refractivity contribution in [1.29, 1.82) is 0 Å². The summed E-state index contributed by atoms with van der Waals surface area (Å²) in [7, 11) is 0. The molecule has 132 valence electrons. The second kappa shape index (κ2) is 9.37. The molecule has 1 aromatic heterocycles. The summed E-state index contributed by atoms with van der Waals surface area (Å²) in [5.41, 5.74) is 2.29. The lowest BCUT2D eigenvalue weighted by molar-refractivity contribution is 0.573. The van der Waals surface area contributed by atoms with Crippen molar-refractivity contribution in [3.63, 3.8) is 0 Å². The molecule has 0 bridgehead atoms. The molecule has 0 spiro atoms. The van der Waals surface area contributed by atoms with Gasteiger partial charge in [-0.3, -0.25) is 0 Å². The van der Waals surface area contributed by atoms with Gasteiger partial charge in [-0.05, 0) is 62.0 Å². The van der Waals surface area contributed by atoms with Gasteiger partial charge in [0.05, 0.1) is 11.9 Å². The van der Waals surface area contributed by atoms with E-state index in [4.69, 9.17) is 12.2 Å². The van der Waals surface area contributed by atoms with Crippen molar-refractivity contribution in [3.05, 3.63) is 54.2 Å². The van der Waals surface area contributed by atoms with E-state index in [1.165, 1.54) is 24.8 Å². The summed E-state index contributed by atoms with van der Waals surface area (Å²) in [6.07, 6.45) is 7.83. The molecule has 1 saturated heterocycles. The zero-order valence-corrected chi connectivity index (χ0v) is 15.4. The first kappa shape index (κ1) is 17.7. The van der Waals surface area contributed by atoms with Crippen LogP contribution in [0.25, 0.3) is 0 Å². The highest BCUT2D eigenvalue weighted by Crippen LogP contribution is 2.18. The molecule has 1 aromatic carbocycles. The molecule has 2 heterocycles. The van der Waals surface area contributed by atoms with E-state index in [-0.39, 0.29) is 0 Å². The Morgan fingerprint density at radius 2 is 1.84 bits per heavy atom. The van der Waals surface area contributed by atoms with Crippen LogP contribution >= 0.6 is 12.2 Å². The Morgan fingerprint density at radius 3 is 2.56 bits per heavy atom. The molecule has 1 fully saturated rings. The summed E-state index contributed by atoms with van der Waals surface area (Å²) in [6, 6.07) is 14.6. The number of hydrogen-bond donors (Lipinski definition) is 2. The SMILES string of the molecule is S=C(NCCCc1ccccc1)Nc1ccc(N2CCCCC2)nc1. The molecular weight excluding hydrogens is 328 g/mol. The Bertz CT molecular complexity index is 651. The highest BCUT2D eigenvalue weighted by atomic mass is 32.1. The molecule has 0 amide bonds.